The van der Waals surface area contributed by atoms with E-state index in [9.17, 15) is 8.42 Å². The highest BCUT2D eigenvalue weighted by Crippen LogP contribution is 2.29. The monoisotopic (exact) mass is 294 g/mol. The van der Waals surface area contributed by atoms with Crippen LogP contribution in [0.3, 0.4) is 0 Å². The summed E-state index contributed by atoms with van der Waals surface area (Å²) in [7, 11) is -3.68. The van der Waals surface area contributed by atoms with Crippen molar-refractivity contribution in [2.45, 2.75) is 32.6 Å². The summed E-state index contributed by atoms with van der Waals surface area (Å²) in [5.74, 6) is 0.377. The van der Waals surface area contributed by atoms with Gasteiger partial charge in [-0.1, -0.05) is 0 Å². The van der Waals surface area contributed by atoms with Crippen molar-refractivity contribution in [3.05, 3.63) is 41.5 Å². The number of aryl methyl sites for hydroxylation is 3. The lowest BCUT2D eigenvalue weighted by Gasteiger charge is -2.13. The molecule has 1 aromatic heterocycles. The van der Waals surface area contributed by atoms with Crippen LogP contribution in [-0.4, -0.2) is 24.0 Å². The highest BCUT2D eigenvalue weighted by Gasteiger charge is 2.23. The van der Waals surface area contributed by atoms with E-state index >= 15 is 0 Å². The molecule has 0 N–H and O–H groups in total. The molecule has 5 nitrogen and oxygen atoms in total. The molecule has 2 rings (SSSR count). The zero-order valence-corrected chi connectivity index (χ0v) is 12.9. The minimum atomic E-state index is -3.68. The van der Waals surface area contributed by atoms with E-state index < -0.39 is 10.0 Å². The Labute approximate surface area is 119 Å². The topological polar surface area (TPSA) is 61.2 Å². The number of ether oxygens (including phenoxy) is 1. The van der Waals surface area contributed by atoms with Gasteiger partial charge in [0.15, 0.2) is 0 Å². The van der Waals surface area contributed by atoms with Gasteiger partial charge in [-0.05, 0) is 51.0 Å². The van der Waals surface area contributed by atoms with Crippen LogP contribution < -0.4 is 4.74 Å². The molecule has 0 spiro atoms. The van der Waals surface area contributed by atoms with E-state index in [0.717, 1.165) is 15.1 Å². The molecular formula is C14H18N2O3S. The molecular weight excluding hydrogens is 276 g/mol. The Kier molecular flexibility index (Phi) is 3.85. The van der Waals surface area contributed by atoms with Gasteiger partial charge in [0.2, 0.25) is 0 Å². The normalized spacial score (nSPS) is 11.6. The number of rotatable bonds is 4. The summed E-state index contributed by atoms with van der Waals surface area (Å²) in [6.45, 7) is 7.79. The molecule has 0 saturated heterocycles. The van der Waals surface area contributed by atoms with Gasteiger partial charge in [-0.2, -0.15) is 0 Å². The second kappa shape index (κ2) is 5.28. The molecule has 1 heterocycles. The molecule has 0 saturated carbocycles. The summed E-state index contributed by atoms with van der Waals surface area (Å²) in [5, 5.41) is 0. The first-order chi connectivity index (χ1) is 9.36. The highest BCUT2D eigenvalue weighted by atomic mass is 32.2. The first kappa shape index (κ1) is 14.6. The Morgan fingerprint density at radius 3 is 2.40 bits per heavy atom. The molecule has 0 fully saturated rings. The molecule has 1 aromatic carbocycles. The summed E-state index contributed by atoms with van der Waals surface area (Å²) in [6.07, 6.45) is 2.79. The third-order valence-corrected chi connectivity index (χ3v) is 4.73. The fraction of sp³-hybridized carbons (Fsp3) is 0.357. The van der Waals surface area contributed by atoms with Crippen molar-refractivity contribution in [1.29, 1.82) is 0 Å². The van der Waals surface area contributed by atoms with Crippen LogP contribution in [0.25, 0.3) is 0 Å². The van der Waals surface area contributed by atoms with Crippen molar-refractivity contribution in [2.24, 2.45) is 0 Å². The van der Waals surface area contributed by atoms with E-state index in [1.54, 1.807) is 19.1 Å². The van der Waals surface area contributed by atoms with Crippen LogP contribution in [0.1, 0.15) is 23.7 Å². The number of aromatic nitrogens is 2. The van der Waals surface area contributed by atoms with Gasteiger partial charge in [0.1, 0.15) is 17.0 Å². The Morgan fingerprint density at radius 1 is 1.20 bits per heavy atom. The maximum atomic E-state index is 12.6. The van der Waals surface area contributed by atoms with E-state index in [4.69, 9.17) is 4.74 Å². The molecule has 0 aliphatic heterocycles. The summed E-state index contributed by atoms with van der Waals surface area (Å²) in [4.78, 5) is 4.13. The second-order valence-electron chi connectivity index (χ2n) is 4.67. The largest absolute Gasteiger partial charge is 0.492 e. The van der Waals surface area contributed by atoms with Crippen LogP contribution in [-0.2, 0) is 10.0 Å². The van der Waals surface area contributed by atoms with Gasteiger partial charge in [-0.3, -0.25) is 0 Å². The van der Waals surface area contributed by atoms with Gasteiger partial charge < -0.3 is 4.74 Å². The molecule has 2 aromatic rings. The summed E-state index contributed by atoms with van der Waals surface area (Å²) in [6, 6.07) is 3.40. The first-order valence-electron chi connectivity index (χ1n) is 6.36. The molecule has 0 unspecified atom stereocenters. The molecule has 20 heavy (non-hydrogen) atoms. The molecule has 0 radical (unpaired) electrons. The number of benzene rings is 1. The fourth-order valence-corrected chi connectivity index (χ4v) is 3.26. The second-order valence-corrected chi connectivity index (χ2v) is 6.48. The van der Waals surface area contributed by atoms with Crippen molar-refractivity contribution < 1.29 is 13.2 Å². The van der Waals surface area contributed by atoms with Crippen molar-refractivity contribution in [3.63, 3.8) is 0 Å². The smallest absolute Gasteiger partial charge is 0.272 e. The van der Waals surface area contributed by atoms with Gasteiger partial charge in [0.05, 0.1) is 12.3 Å². The average Bonchev–Trinajstić information content (AvgIpc) is 2.81. The highest BCUT2D eigenvalue weighted by molar-refractivity contribution is 7.90. The SMILES string of the molecule is CCOc1cc(C)c(C)cc1S(=O)(=O)n1cnc(C)c1. The van der Waals surface area contributed by atoms with Gasteiger partial charge in [-0.15, -0.1) is 0 Å². The van der Waals surface area contributed by atoms with Crippen LogP contribution in [0.5, 0.6) is 5.75 Å². The Hall–Kier alpha value is -1.82. The summed E-state index contributed by atoms with van der Waals surface area (Å²) in [5.41, 5.74) is 2.55. The van der Waals surface area contributed by atoms with Crippen molar-refractivity contribution in [2.75, 3.05) is 6.61 Å². The molecule has 0 amide bonds. The van der Waals surface area contributed by atoms with Crippen molar-refractivity contribution in [1.82, 2.24) is 8.96 Å². The average molecular weight is 294 g/mol. The zero-order valence-electron chi connectivity index (χ0n) is 12.0. The predicted molar refractivity (Wildman–Crippen MR) is 76.6 cm³/mol. The third-order valence-electron chi connectivity index (χ3n) is 3.10. The van der Waals surface area contributed by atoms with Crippen LogP contribution in [0.2, 0.25) is 0 Å². The Bertz CT molecular complexity index is 733. The number of nitrogens with zero attached hydrogens (tertiary/aromatic N) is 2. The minimum Gasteiger partial charge on any atom is -0.492 e. The van der Waals surface area contributed by atoms with Gasteiger partial charge in [0.25, 0.3) is 10.0 Å². The lowest BCUT2D eigenvalue weighted by atomic mass is 10.1. The minimum absolute atomic E-state index is 0.167. The lowest BCUT2D eigenvalue weighted by molar-refractivity contribution is 0.330. The number of hydrogen-bond acceptors (Lipinski definition) is 4. The summed E-state index contributed by atoms with van der Waals surface area (Å²) >= 11 is 0. The van der Waals surface area contributed by atoms with Crippen molar-refractivity contribution >= 4 is 10.0 Å². The van der Waals surface area contributed by atoms with E-state index in [1.807, 2.05) is 20.8 Å². The lowest BCUT2D eigenvalue weighted by Crippen LogP contribution is -2.13. The van der Waals surface area contributed by atoms with Crippen LogP contribution in [0.4, 0.5) is 0 Å². The quantitative estimate of drug-likeness (QED) is 0.869. The Balaban J connectivity index is 2.64. The van der Waals surface area contributed by atoms with Crippen LogP contribution in [0.15, 0.2) is 29.6 Å². The first-order valence-corrected chi connectivity index (χ1v) is 7.80. The Morgan fingerprint density at radius 2 is 1.85 bits per heavy atom. The maximum Gasteiger partial charge on any atom is 0.272 e. The predicted octanol–water partition coefficient (Wildman–Crippen LogP) is 2.44. The molecule has 0 bridgehead atoms. The maximum absolute atomic E-state index is 12.6. The number of imidazole rings is 1. The molecule has 0 aliphatic rings. The molecule has 0 aliphatic carbocycles. The zero-order chi connectivity index (χ0) is 14.9. The summed E-state index contributed by atoms with van der Waals surface area (Å²) < 4.78 is 31.9. The van der Waals surface area contributed by atoms with Crippen LogP contribution >= 0.6 is 0 Å². The van der Waals surface area contributed by atoms with Crippen molar-refractivity contribution in [3.8, 4) is 5.75 Å². The third kappa shape index (κ3) is 2.56. The fourth-order valence-electron chi connectivity index (χ4n) is 1.88. The molecule has 6 heteroatoms. The standard InChI is InChI=1S/C14H18N2O3S/c1-5-19-13-6-10(2)11(3)7-14(13)20(17,18)16-8-12(4)15-9-16/h6-9H,5H2,1-4H3. The van der Waals surface area contributed by atoms with Gasteiger partial charge in [0, 0.05) is 6.20 Å². The van der Waals surface area contributed by atoms with E-state index in [-0.39, 0.29) is 4.90 Å². The molecule has 0 atom stereocenters. The van der Waals surface area contributed by atoms with E-state index in [2.05, 4.69) is 4.98 Å². The molecule has 108 valence electrons. The van der Waals surface area contributed by atoms with Gasteiger partial charge >= 0.3 is 0 Å². The number of hydrogen-bond donors (Lipinski definition) is 0. The van der Waals surface area contributed by atoms with Crippen LogP contribution in [0, 0.1) is 20.8 Å². The van der Waals surface area contributed by atoms with E-state index in [0.29, 0.717) is 18.1 Å². The van der Waals surface area contributed by atoms with E-state index in [1.165, 1.54) is 12.5 Å². The van der Waals surface area contributed by atoms with Gasteiger partial charge in [-0.25, -0.2) is 17.4 Å².